The van der Waals surface area contributed by atoms with E-state index in [0.717, 1.165) is 35.3 Å². The van der Waals surface area contributed by atoms with Crippen LogP contribution in [0.25, 0.3) is 10.9 Å². The van der Waals surface area contributed by atoms with E-state index in [1.165, 1.54) is 32.1 Å². The van der Waals surface area contributed by atoms with E-state index in [2.05, 4.69) is 9.88 Å². The van der Waals surface area contributed by atoms with Gasteiger partial charge in [-0.25, -0.2) is 0 Å². The minimum absolute atomic E-state index is 0.226. The molecular weight excluding hydrogens is 260 g/mol. The van der Waals surface area contributed by atoms with Crippen LogP contribution in [0, 0.1) is 5.92 Å². The van der Waals surface area contributed by atoms with Crippen molar-refractivity contribution in [3.63, 3.8) is 0 Å². The molecule has 3 heteroatoms. The van der Waals surface area contributed by atoms with Crippen molar-refractivity contribution in [1.29, 1.82) is 0 Å². The lowest BCUT2D eigenvalue weighted by molar-refractivity contribution is 0.0392. The van der Waals surface area contributed by atoms with Crippen molar-refractivity contribution in [2.45, 2.75) is 44.6 Å². The zero-order valence-corrected chi connectivity index (χ0v) is 12.3. The molecule has 0 spiro atoms. The molecule has 1 N–H and O–H groups in total. The van der Waals surface area contributed by atoms with Crippen LogP contribution in [-0.2, 0) is 0 Å². The number of rotatable bonds is 1. The lowest BCUT2D eigenvalue weighted by Crippen LogP contribution is -2.49. The van der Waals surface area contributed by atoms with Gasteiger partial charge in [0.25, 0.3) is 5.91 Å². The molecule has 1 saturated heterocycles. The van der Waals surface area contributed by atoms with Gasteiger partial charge < -0.3 is 9.88 Å². The van der Waals surface area contributed by atoms with Gasteiger partial charge in [-0.1, -0.05) is 31.0 Å². The minimum atomic E-state index is 0.226. The van der Waals surface area contributed by atoms with Crippen LogP contribution in [-0.4, -0.2) is 28.4 Å². The van der Waals surface area contributed by atoms with Crippen molar-refractivity contribution < 1.29 is 4.79 Å². The third kappa shape index (κ3) is 2.15. The fourth-order valence-electron chi connectivity index (χ4n) is 4.28. The first-order chi connectivity index (χ1) is 10.3. The van der Waals surface area contributed by atoms with Crippen LogP contribution in [0.1, 0.15) is 48.9 Å². The Kier molecular flexibility index (Phi) is 3.21. The average molecular weight is 282 g/mol. The van der Waals surface area contributed by atoms with E-state index >= 15 is 0 Å². The van der Waals surface area contributed by atoms with Gasteiger partial charge in [0, 0.05) is 29.7 Å². The maximum absolute atomic E-state index is 13.0. The zero-order valence-electron chi connectivity index (χ0n) is 12.3. The van der Waals surface area contributed by atoms with Crippen molar-refractivity contribution in [3.8, 4) is 0 Å². The molecule has 1 aromatic carbocycles. The van der Waals surface area contributed by atoms with Crippen LogP contribution in [0.3, 0.4) is 0 Å². The number of amides is 1. The van der Waals surface area contributed by atoms with Crippen molar-refractivity contribution in [1.82, 2.24) is 9.88 Å². The van der Waals surface area contributed by atoms with Gasteiger partial charge in [-0.3, -0.25) is 4.79 Å². The van der Waals surface area contributed by atoms with Gasteiger partial charge in [0.15, 0.2) is 0 Å². The molecule has 3 nitrogen and oxygen atoms in total. The Bertz CT molecular complexity index is 658. The van der Waals surface area contributed by atoms with Crippen LogP contribution in [0.2, 0.25) is 0 Å². The van der Waals surface area contributed by atoms with Gasteiger partial charge in [0.05, 0.1) is 5.56 Å². The van der Waals surface area contributed by atoms with Gasteiger partial charge in [-0.15, -0.1) is 0 Å². The molecule has 110 valence electrons. The zero-order chi connectivity index (χ0) is 14.2. The summed E-state index contributed by atoms with van der Waals surface area (Å²) in [6.45, 7) is 0.930. The molecule has 2 heterocycles. The lowest BCUT2D eigenvalue weighted by atomic mass is 9.78. The van der Waals surface area contributed by atoms with Crippen LogP contribution >= 0.6 is 0 Å². The summed E-state index contributed by atoms with van der Waals surface area (Å²) < 4.78 is 0. The van der Waals surface area contributed by atoms with E-state index in [0.29, 0.717) is 6.04 Å². The normalized spacial score (nSPS) is 25.8. The van der Waals surface area contributed by atoms with E-state index in [9.17, 15) is 4.79 Å². The molecule has 2 aliphatic rings. The number of benzene rings is 1. The molecule has 1 aliphatic carbocycles. The number of para-hydroxylation sites is 1. The molecule has 1 amide bonds. The van der Waals surface area contributed by atoms with E-state index in [1.54, 1.807) is 0 Å². The highest BCUT2D eigenvalue weighted by Crippen LogP contribution is 2.36. The van der Waals surface area contributed by atoms with Crippen molar-refractivity contribution in [2.24, 2.45) is 5.92 Å². The van der Waals surface area contributed by atoms with Gasteiger partial charge in [0.1, 0.15) is 0 Å². The standard InChI is InChI=1S/C18H22N2O/c21-18(15-12-19-16-9-3-2-8-14(15)16)20-11-5-7-13-6-1-4-10-17(13)20/h2-3,8-9,12-13,17,19H,1,4-7,10-11H2. The molecule has 2 fully saturated rings. The molecule has 1 aliphatic heterocycles. The van der Waals surface area contributed by atoms with Gasteiger partial charge in [-0.05, 0) is 37.7 Å². The first kappa shape index (κ1) is 12.9. The Hall–Kier alpha value is -1.77. The SMILES string of the molecule is O=C(c1c[nH]c2ccccc12)N1CCCC2CCCCC21. The Morgan fingerprint density at radius 3 is 2.86 bits per heavy atom. The van der Waals surface area contributed by atoms with Gasteiger partial charge >= 0.3 is 0 Å². The number of piperidine rings is 1. The Morgan fingerprint density at radius 2 is 1.90 bits per heavy atom. The summed E-state index contributed by atoms with van der Waals surface area (Å²) in [6.07, 6.45) is 9.48. The van der Waals surface area contributed by atoms with Gasteiger partial charge in [0.2, 0.25) is 0 Å². The first-order valence-electron chi connectivity index (χ1n) is 8.21. The summed E-state index contributed by atoms with van der Waals surface area (Å²) in [4.78, 5) is 18.4. The topological polar surface area (TPSA) is 36.1 Å². The Labute approximate surface area is 125 Å². The molecule has 1 saturated carbocycles. The Balaban J connectivity index is 1.67. The second-order valence-corrected chi connectivity index (χ2v) is 6.50. The number of nitrogens with zero attached hydrogens (tertiary/aromatic N) is 1. The highest BCUT2D eigenvalue weighted by atomic mass is 16.2. The molecule has 0 radical (unpaired) electrons. The number of carbonyl (C=O) groups is 1. The van der Waals surface area contributed by atoms with E-state index in [1.807, 2.05) is 30.5 Å². The summed E-state index contributed by atoms with van der Waals surface area (Å²) in [5.74, 6) is 0.964. The molecule has 0 bridgehead atoms. The lowest BCUT2D eigenvalue weighted by Gasteiger charge is -2.44. The van der Waals surface area contributed by atoms with Crippen LogP contribution < -0.4 is 0 Å². The van der Waals surface area contributed by atoms with E-state index in [-0.39, 0.29) is 5.91 Å². The maximum atomic E-state index is 13.0. The largest absolute Gasteiger partial charge is 0.360 e. The molecular formula is C18H22N2O. The van der Waals surface area contributed by atoms with Crippen LogP contribution in [0.5, 0.6) is 0 Å². The van der Waals surface area contributed by atoms with Crippen LogP contribution in [0.15, 0.2) is 30.5 Å². The number of aromatic amines is 1. The fourth-order valence-corrected chi connectivity index (χ4v) is 4.28. The second-order valence-electron chi connectivity index (χ2n) is 6.50. The molecule has 21 heavy (non-hydrogen) atoms. The number of fused-ring (bicyclic) bond motifs is 2. The highest BCUT2D eigenvalue weighted by molar-refractivity contribution is 6.06. The number of likely N-dealkylation sites (tertiary alicyclic amines) is 1. The second kappa shape index (κ2) is 5.21. The quantitative estimate of drug-likeness (QED) is 0.844. The minimum Gasteiger partial charge on any atom is -0.360 e. The molecule has 2 unspecified atom stereocenters. The molecule has 2 atom stereocenters. The summed E-state index contributed by atoms with van der Waals surface area (Å²) in [6, 6.07) is 8.57. The predicted molar refractivity (Wildman–Crippen MR) is 84.3 cm³/mol. The third-order valence-corrected chi connectivity index (χ3v) is 5.32. The van der Waals surface area contributed by atoms with Crippen LogP contribution in [0.4, 0.5) is 0 Å². The number of carbonyl (C=O) groups excluding carboxylic acids is 1. The number of nitrogens with one attached hydrogen (secondary N) is 1. The number of H-pyrrole nitrogens is 1. The number of hydrogen-bond donors (Lipinski definition) is 1. The van der Waals surface area contributed by atoms with Crippen molar-refractivity contribution in [3.05, 3.63) is 36.0 Å². The monoisotopic (exact) mass is 282 g/mol. The van der Waals surface area contributed by atoms with E-state index < -0.39 is 0 Å². The predicted octanol–water partition coefficient (Wildman–Crippen LogP) is 3.96. The summed E-state index contributed by atoms with van der Waals surface area (Å²) in [7, 11) is 0. The highest BCUT2D eigenvalue weighted by Gasteiger charge is 2.36. The smallest absolute Gasteiger partial charge is 0.256 e. The molecule has 1 aromatic heterocycles. The molecule has 4 rings (SSSR count). The van der Waals surface area contributed by atoms with Gasteiger partial charge in [-0.2, -0.15) is 0 Å². The number of hydrogen-bond acceptors (Lipinski definition) is 1. The van der Waals surface area contributed by atoms with E-state index in [4.69, 9.17) is 0 Å². The van der Waals surface area contributed by atoms with Crippen molar-refractivity contribution >= 4 is 16.8 Å². The Morgan fingerprint density at radius 1 is 1.10 bits per heavy atom. The maximum Gasteiger partial charge on any atom is 0.256 e. The van der Waals surface area contributed by atoms with Crippen molar-refractivity contribution in [2.75, 3.05) is 6.54 Å². The third-order valence-electron chi connectivity index (χ3n) is 5.32. The first-order valence-corrected chi connectivity index (χ1v) is 8.21. The number of aromatic nitrogens is 1. The molecule has 2 aromatic rings. The fraction of sp³-hybridized carbons (Fsp3) is 0.500. The average Bonchev–Trinajstić information content (AvgIpc) is 2.98. The summed E-state index contributed by atoms with van der Waals surface area (Å²) >= 11 is 0. The summed E-state index contributed by atoms with van der Waals surface area (Å²) in [5, 5.41) is 1.06. The summed E-state index contributed by atoms with van der Waals surface area (Å²) in [5.41, 5.74) is 1.90.